The Kier molecular flexibility index (Phi) is 4.57. The van der Waals surface area contributed by atoms with Gasteiger partial charge in [-0.2, -0.15) is 13.2 Å². The molecule has 0 radical (unpaired) electrons. The zero-order valence-electron chi connectivity index (χ0n) is 13.4. The number of carbonyl (C=O) groups is 2. The van der Waals surface area contributed by atoms with E-state index in [1.165, 1.54) is 12.3 Å². The Morgan fingerprint density at radius 2 is 1.96 bits per heavy atom. The maximum Gasteiger partial charge on any atom is 0.419 e. The largest absolute Gasteiger partial charge is 0.481 e. The average Bonchev–Trinajstić information content (AvgIpc) is 2.96. The highest BCUT2D eigenvalue weighted by atomic mass is 19.4. The molecule has 6 nitrogen and oxygen atoms in total. The number of halogens is 3. The molecule has 0 spiro atoms. The SMILES string of the molecule is O=C(O)C1CC(=O)N(C2CCN(c3ncccc3C(F)(F)F)CC2)C1. The first-order valence-electron chi connectivity index (χ1n) is 8.07. The van der Waals surface area contributed by atoms with Gasteiger partial charge in [-0.05, 0) is 25.0 Å². The molecule has 1 unspecified atom stereocenters. The van der Waals surface area contributed by atoms with Gasteiger partial charge in [0.05, 0.1) is 11.5 Å². The fraction of sp³-hybridized carbons (Fsp3) is 0.562. The average molecular weight is 357 g/mol. The van der Waals surface area contributed by atoms with Gasteiger partial charge in [-0.25, -0.2) is 4.98 Å². The van der Waals surface area contributed by atoms with Gasteiger partial charge >= 0.3 is 12.1 Å². The summed E-state index contributed by atoms with van der Waals surface area (Å²) in [4.78, 5) is 30.1. The summed E-state index contributed by atoms with van der Waals surface area (Å²) in [5.41, 5.74) is -0.767. The molecule has 136 valence electrons. The number of hydrogen-bond donors (Lipinski definition) is 1. The second-order valence-corrected chi connectivity index (χ2v) is 6.38. The van der Waals surface area contributed by atoms with E-state index < -0.39 is 23.6 Å². The molecule has 2 saturated heterocycles. The number of hydrogen-bond acceptors (Lipinski definition) is 4. The minimum absolute atomic E-state index is 0.00594. The molecule has 9 heteroatoms. The molecule has 2 fully saturated rings. The molecule has 2 aliphatic heterocycles. The van der Waals surface area contributed by atoms with Gasteiger partial charge in [0.15, 0.2) is 0 Å². The highest BCUT2D eigenvalue weighted by molar-refractivity contribution is 5.86. The zero-order valence-corrected chi connectivity index (χ0v) is 13.4. The second-order valence-electron chi connectivity index (χ2n) is 6.38. The summed E-state index contributed by atoms with van der Waals surface area (Å²) in [6.07, 6.45) is -2.16. The first-order valence-corrected chi connectivity index (χ1v) is 8.07. The summed E-state index contributed by atoms with van der Waals surface area (Å²) in [5, 5.41) is 9.04. The molecule has 1 N–H and O–H groups in total. The number of piperidine rings is 1. The van der Waals surface area contributed by atoms with E-state index in [2.05, 4.69) is 4.98 Å². The summed E-state index contributed by atoms with van der Waals surface area (Å²) in [5.74, 6) is -1.97. The predicted octanol–water partition coefficient (Wildman–Crippen LogP) is 2.00. The topological polar surface area (TPSA) is 73.7 Å². The lowest BCUT2D eigenvalue weighted by Gasteiger charge is -2.38. The standard InChI is InChI=1S/C16H18F3N3O3/c17-16(18,19)12-2-1-5-20-14(12)21-6-3-11(4-7-21)22-9-10(15(24)25)8-13(22)23/h1-2,5,10-11H,3-4,6-9H2,(H,24,25). The lowest BCUT2D eigenvalue weighted by molar-refractivity contribution is -0.141. The van der Waals surface area contributed by atoms with Crippen LogP contribution in [-0.4, -0.2) is 52.5 Å². The number of amides is 1. The van der Waals surface area contributed by atoms with E-state index in [0.717, 1.165) is 6.07 Å². The van der Waals surface area contributed by atoms with Gasteiger partial charge in [0.1, 0.15) is 5.82 Å². The van der Waals surface area contributed by atoms with Gasteiger partial charge in [-0.3, -0.25) is 9.59 Å². The highest BCUT2D eigenvalue weighted by Gasteiger charge is 2.40. The van der Waals surface area contributed by atoms with Crippen LogP contribution in [0.4, 0.5) is 19.0 Å². The van der Waals surface area contributed by atoms with Crippen molar-refractivity contribution in [3.8, 4) is 0 Å². The molecule has 2 aliphatic rings. The summed E-state index contributed by atoms with van der Waals surface area (Å²) >= 11 is 0. The van der Waals surface area contributed by atoms with Gasteiger partial charge in [-0.1, -0.05) is 0 Å². The molecule has 3 heterocycles. The van der Waals surface area contributed by atoms with Crippen LogP contribution in [0.2, 0.25) is 0 Å². The summed E-state index contributed by atoms with van der Waals surface area (Å²) in [6, 6.07) is 2.13. The predicted molar refractivity (Wildman–Crippen MR) is 81.9 cm³/mol. The van der Waals surface area contributed by atoms with Crippen molar-refractivity contribution in [2.24, 2.45) is 5.92 Å². The molecule has 0 bridgehead atoms. The minimum Gasteiger partial charge on any atom is -0.481 e. The maximum absolute atomic E-state index is 13.1. The summed E-state index contributed by atoms with van der Waals surface area (Å²) < 4.78 is 39.4. The van der Waals surface area contributed by atoms with E-state index >= 15 is 0 Å². The van der Waals surface area contributed by atoms with Gasteiger partial charge in [0.25, 0.3) is 0 Å². The van der Waals surface area contributed by atoms with Crippen LogP contribution >= 0.6 is 0 Å². The molecular formula is C16H18F3N3O3. The Morgan fingerprint density at radius 1 is 1.28 bits per heavy atom. The van der Waals surface area contributed by atoms with Crippen molar-refractivity contribution in [2.75, 3.05) is 24.5 Å². The summed E-state index contributed by atoms with van der Waals surface area (Å²) in [6.45, 7) is 0.856. The van der Waals surface area contributed by atoms with Gasteiger partial charge in [0, 0.05) is 38.3 Å². The number of aromatic nitrogens is 1. The lowest BCUT2D eigenvalue weighted by Crippen LogP contribution is -2.46. The summed E-state index contributed by atoms with van der Waals surface area (Å²) in [7, 11) is 0. The van der Waals surface area contributed by atoms with Crippen molar-refractivity contribution in [2.45, 2.75) is 31.5 Å². The Morgan fingerprint density at radius 3 is 2.52 bits per heavy atom. The molecule has 1 amide bonds. The van der Waals surface area contributed by atoms with Crippen LogP contribution in [0.5, 0.6) is 0 Å². The molecule has 1 aromatic rings. The van der Waals surface area contributed by atoms with Crippen LogP contribution in [0.1, 0.15) is 24.8 Å². The smallest absolute Gasteiger partial charge is 0.419 e. The third kappa shape index (κ3) is 3.54. The molecule has 25 heavy (non-hydrogen) atoms. The van der Waals surface area contributed by atoms with E-state index in [1.54, 1.807) is 9.80 Å². The quantitative estimate of drug-likeness (QED) is 0.896. The Labute approximate surface area is 142 Å². The van der Waals surface area contributed by atoms with Crippen molar-refractivity contribution < 1.29 is 27.9 Å². The van der Waals surface area contributed by atoms with Crippen molar-refractivity contribution in [3.05, 3.63) is 23.9 Å². The first-order chi connectivity index (χ1) is 11.8. The molecule has 3 rings (SSSR count). The number of pyridine rings is 1. The van der Waals surface area contributed by atoms with Crippen LogP contribution in [0.25, 0.3) is 0 Å². The highest BCUT2D eigenvalue weighted by Crippen LogP contribution is 2.36. The van der Waals surface area contributed by atoms with E-state index in [4.69, 9.17) is 5.11 Å². The molecule has 1 atom stereocenters. The van der Waals surface area contributed by atoms with Gasteiger partial charge < -0.3 is 14.9 Å². The normalized spacial score (nSPS) is 22.5. The zero-order chi connectivity index (χ0) is 18.2. The first kappa shape index (κ1) is 17.5. The maximum atomic E-state index is 13.1. The molecule has 1 aromatic heterocycles. The van der Waals surface area contributed by atoms with Crippen LogP contribution in [0.3, 0.4) is 0 Å². The van der Waals surface area contributed by atoms with Gasteiger partial charge in [0.2, 0.25) is 5.91 Å². The monoisotopic (exact) mass is 357 g/mol. The third-order valence-electron chi connectivity index (χ3n) is 4.80. The fourth-order valence-electron chi connectivity index (χ4n) is 3.51. The van der Waals surface area contributed by atoms with E-state index in [1.807, 2.05) is 0 Å². The number of carbonyl (C=O) groups excluding carboxylic acids is 1. The number of carboxylic acid groups (broad SMARTS) is 1. The Bertz CT molecular complexity index is 672. The number of aliphatic carboxylic acids is 1. The van der Waals surface area contributed by atoms with Crippen LogP contribution in [0, 0.1) is 5.92 Å². The molecular weight excluding hydrogens is 339 g/mol. The van der Waals surface area contributed by atoms with Crippen LogP contribution in [-0.2, 0) is 15.8 Å². The molecule has 0 aliphatic carbocycles. The number of rotatable bonds is 3. The van der Waals surface area contributed by atoms with Crippen LogP contribution in [0.15, 0.2) is 18.3 Å². The van der Waals surface area contributed by atoms with Crippen molar-refractivity contribution in [1.29, 1.82) is 0 Å². The molecule has 0 aromatic carbocycles. The van der Waals surface area contributed by atoms with Crippen molar-refractivity contribution >= 4 is 17.7 Å². The number of likely N-dealkylation sites (tertiary alicyclic amines) is 1. The number of alkyl halides is 3. The molecule has 0 saturated carbocycles. The van der Waals surface area contributed by atoms with E-state index in [0.29, 0.717) is 25.9 Å². The van der Waals surface area contributed by atoms with E-state index in [-0.39, 0.29) is 30.7 Å². The van der Waals surface area contributed by atoms with Crippen molar-refractivity contribution in [3.63, 3.8) is 0 Å². The number of carboxylic acids is 1. The number of anilines is 1. The van der Waals surface area contributed by atoms with Gasteiger partial charge in [-0.15, -0.1) is 0 Å². The second kappa shape index (κ2) is 6.53. The minimum atomic E-state index is -4.47. The van der Waals surface area contributed by atoms with Crippen molar-refractivity contribution in [1.82, 2.24) is 9.88 Å². The Hall–Kier alpha value is -2.32. The lowest BCUT2D eigenvalue weighted by atomic mass is 10.0. The third-order valence-corrected chi connectivity index (χ3v) is 4.80. The number of nitrogens with zero attached hydrogens (tertiary/aromatic N) is 3. The van der Waals surface area contributed by atoms with E-state index in [9.17, 15) is 22.8 Å². The Balaban J connectivity index is 1.67. The fourth-order valence-corrected chi connectivity index (χ4v) is 3.51. The van der Waals surface area contributed by atoms with Crippen LogP contribution < -0.4 is 4.90 Å².